The molecule has 1 aromatic rings. The quantitative estimate of drug-likeness (QED) is 0.820. The van der Waals surface area contributed by atoms with Crippen LogP contribution in [0.15, 0.2) is 23.2 Å². The van der Waals surface area contributed by atoms with Crippen molar-refractivity contribution in [3.05, 3.63) is 23.5 Å². The fraction of sp³-hybridized carbons (Fsp3) is 0.583. The van der Waals surface area contributed by atoms with Crippen molar-refractivity contribution in [1.82, 2.24) is 9.71 Å². The van der Waals surface area contributed by atoms with E-state index in [0.717, 1.165) is 12.8 Å². The molecule has 0 aliphatic carbocycles. The van der Waals surface area contributed by atoms with Crippen LogP contribution in [0.25, 0.3) is 0 Å². The number of rotatable bonds is 6. The van der Waals surface area contributed by atoms with Gasteiger partial charge in [0.05, 0.1) is 0 Å². The standard InChI is InChI=1S/C12H19ClN2O2S/c1-4-10(5-2)9(3)15-18(16,17)11-6-7-12(13)14-8-11/h6-10,15H,4-5H2,1-3H3. The lowest BCUT2D eigenvalue weighted by atomic mass is 9.96. The normalized spacial score (nSPS) is 13.8. The van der Waals surface area contributed by atoms with E-state index in [2.05, 4.69) is 23.6 Å². The first-order valence-electron chi connectivity index (χ1n) is 6.04. The minimum atomic E-state index is -3.51. The van der Waals surface area contributed by atoms with Gasteiger partial charge in [-0.05, 0) is 25.0 Å². The number of nitrogens with one attached hydrogen (secondary N) is 1. The van der Waals surface area contributed by atoms with Crippen molar-refractivity contribution in [2.24, 2.45) is 5.92 Å². The Morgan fingerprint density at radius 1 is 1.33 bits per heavy atom. The summed E-state index contributed by atoms with van der Waals surface area (Å²) in [6.07, 6.45) is 3.16. The second kappa shape index (κ2) is 6.50. The van der Waals surface area contributed by atoms with Gasteiger partial charge in [-0.3, -0.25) is 0 Å². The Morgan fingerprint density at radius 2 is 1.94 bits per heavy atom. The predicted molar refractivity (Wildman–Crippen MR) is 73.1 cm³/mol. The smallest absolute Gasteiger partial charge is 0.242 e. The lowest BCUT2D eigenvalue weighted by Gasteiger charge is -2.22. The van der Waals surface area contributed by atoms with Crippen molar-refractivity contribution in [2.45, 2.75) is 44.6 Å². The van der Waals surface area contributed by atoms with Crippen molar-refractivity contribution >= 4 is 21.6 Å². The van der Waals surface area contributed by atoms with Gasteiger partial charge < -0.3 is 0 Å². The van der Waals surface area contributed by atoms with E-state index in [9.17, 15) is 8.42 Å². The van der Waals surface area contributed by atoms with Crippen molar-refractivity contribution in [3.63, 3.8) is 0 Å². The number of sulfonamides is 1. The maximum absolute atomic E-state index is 12.1. The third-order valence-corrected chi connectivity index (χ3v) is 4.88. The minimum absolute atomic E-state index is 0.0966. The number of pyridine rings is 1. The van der Waals surface area contributed by atoms with E-state index in [1.165, 1.54) is 18.3 Å². The summed E-state index contributed by atoms with van der Waals surface area (Å²) in [5.74, 6) is 0.333. The Bertz CT molecular complexity index is 469. The molecule has 4 nitrogen and oxygen atoms in total. The zero-order valence-corrected chi connectivity index (χ0v) is 12.4. The van der Waals surface area contributed by atoms with Gasteiger partial charge in [-0.15, -0.1) is 0 Å². The average Bonchev–Trinajstić information content (AvgIpc) is 2.30. The molecule has 1 unspecified atom stereocenters. The molecule has 0 bridgehead atoms. The van der Waals surface area contributed by atoms with Crippen LogP contribution in [0.5, 0.6) is 0 Å². The predicted octanol–water partition coefficient (Wildman–Crippen LogP) is 2.84. The van der Waals surface area contributed by atoms with Gasteiger partial charge in [0.1, 0.15) is 10.0 Å². The van der Waals surface area contributed by atoms with Gasteiger partial charge in [0.2, 0.25) is 10.0 Å². The third kappa shape index (κ3) is 3.93. The molecule has 0 saturated carbocycles. The van der Waals surface area contributed by atoms with Crippen LogP contribution >= 0.6 is 11.6 Å². The molecule has 0 saturated heterocycles. The Hall–Kier alpha value is -0.650. The van der Waals surface area contributed by atoms with E-state index < -0.39 is 10.0 Å². The van der Waals surface area contributed by atoms with Gasteiger partial charge in [-0.25, -0.2) is 18.1 Å². The number of hydrogen-bond acceptors (Lipinski definition) is 3. The van der Waals surface area contributed by atoms with Crippen molar-refractivity contribution in [1.29, 1.82) is 0 Å². The van der Waals surface area contributed by atoms with E-state index in [4.69, 9.17) is 11.6 Å². The number of nitrogens with zero attached hydrogens (tertiary/aromatic N) is 1. The molecule has 1 atom stereocenters. The van der Waals surface area contributed by atoms with Gasteiger partial charge in [0.25, 0.3) is 0 Å². The summed E-state index contributed by atoms with van der Waals surface area (Å²) in [6.45, 7) is 6.00. The lowest BCUT2D eigenvalue weighted by molar-refractivity contribution is 0.390. The molecular weight excluding hydrogens is 272 g/mol. The molecule has 0 aliphatic heterocycles. The minimum Gasteiger partial charge on any atom is -0.243 e. The maximum atomic E-state index is 12.1. The lowest BCUT2D eigenvalue weighted by Crippen LogP contribution is -2.37. The first kappa shape index (κ1) is 15.4. The van der Waals surface area contributed by atoms with Crippen molar-refractivity contribution in [2.75, 3.05) is 0 Å². The van der Waals surface area contributed by atoms with E-state index in [1.807, 2.05) is 6.92 Å². The molecule has 0 aromatic carbocycles. The first-order valence-corrected chi connectivity index (χ1v) is 7.90. The van der Waals surface area contributed by atoms with Gasteiger partial charge in [0, 0.05) is 12.2 Å². The first-order chi connectivity index (χ1) is 8.40. The molecule has 18 heavy (non-hydrogen) atoms. The van der Waals surface area contributed by atoms with E-state index >= 15 is 0 Å². The van der Waals surface area contributed by atoms with Crippen LogP contribution < -0.4 is 4.72 Å². The molecule has 0 radical (unpaired) electrons. The number of halogens is 1. The van der Waals surface area contributed by atoms with Crippen molar-refractivity contribution < 1.29 is 8.42 Å². The van der Waals surface area contributed by atoms with Crippen LogP contribution in [0.1, 0.15) is 33.6 Å². The molecule has 1 heterocycles. The van der Waals surface area contributed by atoms with E-state index in [0.29, 0.717) is 5.92 Å². The van der Waals surface area contributed by atoms with Crippen LogP contribution in [0, 0.1) is 5.92 Å². The third-order valence-electron chi connectivity index (χ3n) is 3.11. The fourth-order valence-electron chi connectivity index (χ4n) is 1.93. The number of aromatic nitrogens is 1. The van der Waals surface area contributed by atoms with Gasteiger partial charge in [-0.2, -0.15) is 0 Å². The summed E-state index contributed by atoms with van der Waals surface area (Å²) in [5, 5.41) is 0.280. The number of hydrogen-bond donors (Lipinski definition) is 1. The molecule has 0 spiro atoms. The van der Waals surface area contributed by atoms with Crippen LogP contribution in [0.2, 0.25) is 5.15 Å². The zero-order valence-electron chi connectivity index (χ0n) is 10.9. The Kier molecular flexibility index (Phi) is 5.56. The highest BCUT2D eigenvalue weighted by atomic mass is 35.5. The van der Waals surface area contributed by atoms with Crippen LogP contribution in [0.4, 0.5) is 0 Å². The molecule has 0 aliphatic rings. The van der Waals surface area contributed by atoms with Gasteiger partial charge >= 0.3 is 0 Å². The van der Waals surface area contributed by atoms with Crippen LogP contribution in [-0.4, -0.2) is 19.4 Å². The summed E-state index contributed by atoms with van der Waals surface area (Å²) in [6, 6.07) is 2.83. The molecule has 6 heteroatoms. The Labute approximate surface area is 114 Å². The van der Waals surface area contributed by atoms with E-state index in [-0.39, 0.29) is 16.1 Å². The highest BCUT2D eigenvalue weighted by molar-refractivity contribution is 7.89. The molecule has 0 fully saturated rings. The molecule has 102 valence electrons. The maximum Gasteiger partial charge on any atom is 0.242 e. The zero-order chi connectivity index (χ0) is 13.8. The molecule has 1 N–H and O–H groups in total. The molecule has 0 amide bonds. The molecule has 1 aromatic heterocycles. The Morgan fingerprint density at radius 3 is 2.39 bits per heavy atom. The van der Waals surface area contributed by atoms with Gasteiger partial charge in [-0.1, -0.05) is 38.3 Å². The summed E-state index contributed by atoms with van der Waals surface area (Å²) in [5.41, 5.74) is 0. The van der Waals surface area contributed by atoms with E-state index in [1.54, 1.807) is 0 Å². The van der Waals surface area contributed by atoms with Gasteiger partial charge in [0.15, 0.2) is 0 Å². The highest BCUT2D eigenvalue weighted by Crippen LogP contribution is 2.16. The highest BCUT2D eigenvalue weighted by Gasteiger charge is 2.21. The van der Waals surface area contributed by atoms with Crippen molar-refractivity contribution in [3.8, 4) is 0 Å². The molecular formula is C12H19ClN2O2S. The summed E-state index contributed by atoms with van der Waals surface area (Å²) in [4.78, 5) is 3.93. The monoisotopic (exact) mass is 290 g/mol. The molecule has 1 rings (SSSR count). The summed E-state index contributed by atoms with van der Waals surface area (Å²) >= 11 is 5.64. The average molecular weight is 291 g/mol. The Balaban J connectivity index is 2.85. The largest absolute Gasteiger partial charge is 0.243 e. The fourth-order valence-corrected chi connectivity index (χ4v) is 3.29. The topological polar surface area (TPSA) is 59.1 Å². The second-order valence-electron chi connectivity index (χ2n) is 4.30. The second-order valence-corrected chi connectivity index (χ2v) is 6.40. The van der Waals surface area contributed by atoms with Crippen LogP contribution in [0.3, 0.4) is 0 Å². The SMILES string of the molecule is CCC(CC)C(C)NS(=O)(=O)c1ccc(Cl)nc1. The van der Waals surface area contributed by atoms with Crippen LogP contribution in [-0.2, 0) is 10.0 Å². The summed E-state index contributed by atoms with van der Waals surface area (Å²) < 4.78 is 26.9. The summed E-state index contributed by atoms with van der Waals surface area (Å²) in [7, 11) is -3.51.